The zero-order chi connectivity index (χ0) is 18.2. The molecule has 0 unspecified atom stereocenters. The van der Waals surface area contributed by atoms with E-state index in [9.17, 15) is 9.59 Å². The molecule has 2 heterocycles. The number of nitrogens with one attached hydrogen (secondary N) is 2. The topological polar surface area (TPSA) is 109 Å². The standard InChI is InChI=1S/C18H14N4O4/c23-17(21-19-11-15-6-2-8-25-15)13-4-1-5-14(10-13)18(24)22-20-12-16-7-3-9-26-16/h1-12H,(H,21,23)(H,22,24)/b19-11-,20-12-. The van der Waals surface area contributed by atoms with Crippen molar-refractivity contribution in [2.24, 2.45) is 10.2 Å². The Hall–Kier alpha value is -3.94. The smallest absolute Gasteiger partial charge is 0.271 e. The molecule has 0 saturated carbocycles. The zero-order valence-electron chi connectivity index (χ0n) is 13.5. The number of nitrogens with zero attached hydrogens (tertiary/aromatic N) is 2. The average Bonchev–Trinajstić information content (AvgIpc) is 3.35. The molecule has 130 valence electrons. The van der Waals surface area contributed by atoms with Crippen molar-refractivity contribution in [2.45, 2.75) is 0 Å². The Bertz CT molecular complexity index is 855. The lowest BCUT2D eigenvalue weighted by molar-refractivity contribution is 0.0954. The van der Waals surface area contributed by atoms with Gasteiger partial charge < -0.3 is 8.83 Å². The molecule has 0 radical (unpaired) electrons. The minimum atomic E-state index is -0.457. The first kappa shape index (κ1) is 16.9. The van der Waals surface area contributed by atoms with Crippen LogP contribution in [0, 0.1) is 0 Å². The van der Waals surface area contributed by atoms with Gasteiger partial charge in [-0.05, 0) is 42.5 Å². The summed E-state index contributed by atoms with van der Waals surface area (Å²) in [7, 11) is 0. The molecule has 2 N–H and O–H groups in total. The maximum Gasteiger partial charge on any atom is 0.271 e. The number of hydrazone groups is 2. The molecule has 0 aliphatic carbocycles. The Morgan fingerprint density at radius 1 is 0.769 bits per heavy atom. The van der Waals surface area contributed by atoms with Crippen LogP contribution in [0.15, 0.2) is 80.1 Å². The van der Waals surface area contributed by atoms with E-state index in [1.54, 1.807) is 42.5 Å². The van der Waals surface area contributed by atoms with Crippen LogP contribution in [0.2, 0.25) is 0 Å². The summed E-state index contributed by atoms with van der Waals surface area (Å²) < 4.78 is 10.1. The minimum Gasteiger partial charge on any atom is -0.463 e. The molecular weight excluding hydrogens is 336 g/mol. The number of amides is 2. The van der Waals surface area contributed by atoms with Crippen molar-refractivity contribution in [1.82, 2.24) is 10.9 Å². The molecule has 1 aromatic carbocycles. The van der Waals surface area contributed by atoms with Crippen molar-refractivity contribution in [3.8, 4) is 0 Å². The zero-order valence-corrected chi connectivity index (χ0v) is 13.5. The Balaban J connectivity index is 1.59. The average molecular weight is 350 g/mol. The van der Waals surface area contributed by atoms with Gasteiger partial charge in [0.1, 0.15) is 11.5 Å². The number of furan rings is 2. The second-order valence-corrected chi connectivity index (χ2v) is 5.01. The van der Waals surface area contributed by atoms with E-state index < -0.39 is 11.8 Å². The second-order valence-electron chi connectivity index (χ2n) is 5.01. The lowest BCUT2D eigenvalue weighted by Gasteiger charge is -2.03. The monoisotopic (exact) mass is 350 g/mol. The van der Waals surface area contributed by atoms with Crippen molar-refractivity contribution in [3.05, 3.63) is 83.7 Å². The first-order chi connectivity index (χ1) is 12.7. The highest BCUT2D eigenvalue weighted by atomic mass is 16.3. The van der Waals surface area contributed by atoms with Gasteiger partial charge in [-0.3, -0.25) is 9.59 Å². The third-order valence-corrected chi connectivity index (χ3v) is 3.19. The fourth-order valence-electron chi connectivity index (χ4n) is 1.97. The predicted molar refractivity (Wildman–Crippen MR) is 94.0 cm³/mol. The van der Waals surface area contributed by atoms with E-state index in [2.05, 4.69) is 21.1 Å². The van der Waals surface area contributed by atoms with Gasteiger partial charge in [-0.1, -0.05) is 6.07 Å². The molecule has 0 bridgehead atoms. The van der Waals surface area contributed by atoms with E-state index in [0.717, 1.165) is 0 Å². The van der Waals surface area contributed by atoms with Gasteiger partial charge in [-0.2, -0.15) is 10.2 Å². The molecule has 0 aliphatic heterocycles. The van der Waals surface area contributed by atoms with E-state index >= 15 is 0 Å². The van der Waals surface area contributed by atoms with Crippen LogP contribution in [-0.4, -0.2) is 24.2 Å². The van der Waals surface area contributed by atoms with Crippen molar-refractivity contribution in [2.75, 3.05) is 0 Å². The molecular formula is C18H14N4O4. The third-order valence-electron chi connectivity index (χ3n) is 3.19. The molecule has 0 fully saturated rings. The molecule has 8 heteroatoms. The molecule has 26 heavy (non-hydrogen) atoms. The summed E-state index contributed by atoms with van der Waals surface area (Å²) in [5.74, 6) is 0.101. The fourth-order valence-corrected chi connectivity index (χ4v) is 1.97. The van der Waals surface area contributed by atoms with Crippen LogP contribution in [0.3, 0.4) is 0 Å². The second kappa shape index (κ2) is 8.25. The highest BCUT2D eigenvalue weighted by Crippen LogP contribution is 2.06. The largest absolute Gasteiger partial charge is 0.463 e. The number of benzene rings is 1. The molecule has 0 spiro atoms. The predicted octanol–water partition coefficient (Wildman–Crippen LogP) is 2.40. The molecule has 3 rings (SSSR count). The maximum absolute atomic E-state index is 12.1. The van der Waals surface area contributed by atoms with E-state index in [-0.39, 0.29) is 11.1 Å². The Kier molecular flexibility index (Phi) is 5.36. The van der Waals surface area contributed by atoms with Crippen LogP contribution in [0.1, 0.15) is 32.2 Å². The van der Waals surface area contributed by atoms with Crippen molar-refractivity contribution >= 4 is 24.2 Å². The van der Waals surface area contributed by atoms with Gasteiger partial charge in [0.15, 0.2) is 0 Å². The Morgan fingerprint density at radius 2 is 1.27 bits per heavy atom. The third kappa shape index (κ3) is 4.54. The molecule has 2 aromatic heterocycles. The summed E-state index contributed by atoms with van der Waals surface area (Å²) in [5, 5.41) is 7.58. The molecule has 8 nitrogen and oxygen atoms in total. The summed E-state index contributed by atoms with van der Waals surface area (Å²) >= 11 is 0. The summed E-state index contributed by atoms with van der Waals surface area (Å²) in [4.78, 5) is 24.2. The van der Waals surface area contributed by atoms with Crippen molar-refractivity contribution < 1.29 is 18.4 Å². The van der Waals surface area contributed by atoms with Crippen LogP contribution < -0.4 is 10.9 Å². The summed E-state index contributed by atoms with van der Waals surface area (Å²) in [6.07, 6.45) is 5.74. The minimum absolute atomic E-state index is 0.282. The first-order valence-corrected chi connectivity index (χ1v) is 7.56. The SMILES string of the molecule is O=C(N/N=C\c1ccco1)c1cccc(C(=O)N/N=C\c2ccco2)c1. The van der Waals surface area contributed by atoms with Gasteiger partial charge in [0.2, 0.25) is 0 Å². The van der Waals surface area contributed by atoms with E-state index in [1.807, 2.05) is 0 Å². The molecule has 2 amide bonds. The quantitative estimate of drug-likeness (QED) is 0.525. The lowest BCUT2D eigenvalue weighted by Crippen LogP contribution is -2.20. The van der Waals surface area contributed by atoms with Crippen molar-refractivity contribution in [3.63, 3.8) is 0 Å². The van der Waals surface area contributed by atoms with Gasteiger partial charge in [0.25, 0.3) is 11.8 Å². The number of carbonyl (C=O) groups is 2. The molecule has 3 aromatic rings. The van der Waals surface area contributed by atoms with Crippen molar-refractivity contribution in [1.29, 1.82) is 0 Å². The summed E-state index contributed by atoms with van der Waals surface area (Å²) in [6.45, 7) is 0. The molecule has 0 aliphatic rings. The highest BCUT2D eigenvalue weighted by Gasteiger charge is 2.09. The van der Waals surface area contributed by atoms with Gasteiger partial charge in [-0.25, -0.2) is 10.9 Å². The number of hydrogen-bond acceptors (Lipinski definition) is 6. The molecule has 0 atom stereocenters. The van der Waals surface area contributed by atoms with Crippen LogP contribution in [0.25, 0.3) is 0 Å². The number of hydrogen-bond donors (Lipinski definition) is 2. The van der Waals surface area contributed by atoms with E-state index in [1.165, 1.54) is 31.0 Å². The van der Waals surface area contributed by atoms with Gasteiger partial charge in [0.05, 0.1) is 25.0 Å². The van der Waals surface area contributed by atoms with Crippen LogP contribution in [0.4, 0.5) is 0 Å². The highest BCUT2D eigenvalue weighted by molar-refractivity contribution is 6.00. The van der Waals surface area contributed by atoms with E-state index in [4.69, 9.17) is 8.83 Å². The summed E-state index contributed by atoms with van der Waals surface area (Å²) in [6, 6.07) is 13.0. The maximum atomic E-state index is 12.1. The molecule has 0 saturated heterocycles. The van der Waals surface area contributed by atoms with Crippen LogP contribution in [-0.2, 0) is 0 Å². The van der Waals surface area contributed by atoms with E-state index in [0.29, 0.717) is 11.5 Å². The first-order valence-electron chi connectivity index (χ1n) is 7.56. The van der Waals surface area contributed by atoms with Gasteiger partial charge >= 0.3 is 0 Å². The summed E-state index contributed by atoms with van der Waals surface area (Å²) in [5.41, 5.74) is 5.29. The normalized spacial score (nSPS) is 11.1. The van der Waals surface area contributed by atoms with Crippen LogP contribution in [0.5, 0.6) is 0 Å². The van der Waals surface area contributed by atoms with Gasteiger partial charge in [-0.15, -0.1) is 0 Å². The van der Waals surface area contributed by atoms with Gasteiger partial charge in [0, 0.05) is 11.1 Å². The van der Waals surface area contributed by atoms with Crippen LogP contribution >= 0.6 is 0 Å². The Morgan fingerprint density at radius 3 is 1.69 bits per heavy atom. The fraction of sp³-hybridized carbons (Fsp3) is 0. The number of rotatable bonds is 6. The Labute approximate surface area is 148 Å². The lowest BCUT2D eigenvalue weighted by atomic mass is 10.1. The number of carbonyl (C=O) groups excluding carboxylic acids is 2.